The van der Waals surface area contributed by atoms with Crippen LogP contribution in [0.15, 0.2) is 12.1 Å². The zero-order valence-corrected chi connectivity index (χ0v) is 12.8. The van der Waals surface area contributed by atoms with Gasteiger partial charge in [-0.1, -0.05) is 11.6 Å². The lowest BCUT2D eigenvalue weighted by Crippen LogP contribution is -2.46. The Morgan fingerprint density at radius 1 is 1.38 bits per heavy atom. The summed E-state index contributed by atoms with van der Waals surface area (Å²) in [6.07, 6.45) is 6.04. The second-order valence-corrected chi connectivity index (χ2v) is 5.54. The van der Waals surface area contributed by atoms with Crippen molar-refractivity contribution in [2.75, 3.05) is 37.6 Å². The fourth-order valence-electron chi connectivity index (χ4n) is 2.53. The molecule has 0 atom stereocenters. The van der Waals surface area contributed by atoms with Crippen LogP contribution in [0.3, 0.4) is 0 Å². The fraction of sp³-hybridized carbons (Fsp3) is 0.467. The number of aryl methyl sites for hydroxylation is 1. The number of nitro benzene ring substituents is 1. The zero-order chi connectivity index (χ0) is 15.4. The van der Waals surface area contributed by atoms with Gasteiger partial charge < -0.3 is 4.90 Å². The Morgan fingerprint density at radius 3 is 2.62 bits per heavy atom. The van der Waals surface area contributed by atoms with E-state index in [0.717, 1.165) is 44.8 Å². The lowest BCUT2D eigenvalue weighted by molar-refractivity contribution is -0.385. The molecular formula is C15H18ClN3O2. The number of nitro groups is 1. The van der Waals surface area contributed by atoms with Crippen molar-refractivity contribution in [1.82, 2.24) is 4.90 Å². The Bertz CT molecular complexity index is 575. The van der Waals surface area contributed by atoms with Crippen LogP contribution in [0.4, 0.5) is 11.4 Å². The molecule has 21 heavy (non-hydrogen) atoms. The first kappa shape index (κ1) is 15.6. The van der Waals surface area contributed by atoms with Crippen molar-refractivity contribution >= 4 is 23.0 Å². The quantitative estimate of drug-likeness (QED) is 0.487. The third-order valence-electron chi connectivity index (χ3n) is 3.75. The lowest BCUT2D eigenvalue weighted by atomic mass is 10.1. The van der Waals surface area contributed by atoms with E-state index < -0.39 is 4.92 Å². The van der Waals surface area contributed by atoms with Crippen LogP contribution in [0.5, 0.6) is 0 Å². The summed E-state index contributed by atoms with van der Waals surface area (Å²) in [6, 6.07) is 3.24. The molecule has 0 spiro atoms. The Balaban J connectivity index is 2.09. The number of halogens is 1. The van der Waals surface area contributed by atoms with Gasteiger partial charge >= 0.3 is 0 Å². The van der Waals surface area contributed by atoms with Crippen molar-refractivity contribution in [2.24, 2.45) is 0 Å². The molecule has 1 fully saturated rings. The minimum absolute atomic E-state index is 0.0661. The highest BCUT2D eigenvalue weighted by molar-refractivity contribution is 6.33. The summed E-state index contributed by atoms with van der Waals surface area (Å²) >= 11 is 6.21. The van der Waals surface area contributed by atoms with Gasteiger partial charge in [0.2, 0.25) is 0 Å². The first-order valence-electron chi connectivity index (χ1n) is 6.88. The van der Waals surface area contributed by atoms with Gasteiger partial charge in [0.05, 0.1) is 15.6 Å². The Hall–Kier alpha value is -1.77. The van der Waals surface area contributed by atoms with Crippen LogP contribution >= 0.6 is 11.6 Å². The Kier molecular flexibility index (Phi) is 5.05. The van der Waals surface area contributed by atoms with Crippen molar-refractivity contribution in [3.05, 3.63) is 32.8 Å². The Morgan fingerprint density at radius 2 is 2.05 bits per heavy atom. The summed E-state index contributed by atoms with van der Waals surface area (Å²) < 4.78 is 0. The van der Waals surface area contributed by atoms with Crippen molar-refractivity contribution < 1.29 is 4.92 Å². The predicted molar refractivity (Wildman–Crippen MR) is 84.9 cm³/mol. The molecule has 112 valence electrons. The fourth-order valence-corrected chi connectivity index (χ4v) is 2.81. The van der Waals surface area contributed by atoms with Crippen LogP contribution in [-0.2, 0) is 0 Å². The molecule has 1 heterocycles. The molecule has 1 aliphatic rings. The number of hydrogen-bond donors (Lipinski definition) is 0. The SMILES string of the molecule is C#CCCN1CCN(c2cc(C)c([N+](=O)[O-])cc2Cl)CC1. The molecule has 1 aliphatic heterocycles. The van der Waals surface area contributed by atoms with Gasteiger partial charge in [-0.25, -0.2) is 0 Å². The smallest absolute Gasteiger partial charge is 0.273 e. The van der Waals surface area contributed by atoms with Crippen molar-refractivity contribution in [3.63, 3.8) is 0 Å². The molecular weight excluding hydrogens is 290 g/mol. The van der Waals surface area contributed by atoms with Gasteiger partial charge in [0, 0.05) is 50.8 Å². The molecule has 2 rings (SSSR count). The van der Waals surface area contributed by atoms with Gasteiger partial charge in [0.25, 0.3) is 5.69 Å². The van der Waals surface area contributed by atoms with Crippen LogP contribution in [0.25, 0.3) is 0 Å². The molecule has 0 unspecified atom stereocenters. The van der Waals surface area contributed by atoms with Gasteiger partial charge in [0.15, 0.2) is 0 Å². The summed E-state index contributed by atoms with van der Waals surface area (Å²) in [5, 5.41) is 11.4. The largest absolute Gasteiger partial charge is 0.368 e. The number of nitrogens with zero attached hydrogens (tertiary/aromatic N) is 3. The number of rotatable bonds is 4. The molecule has 0 N–H and O–H groups in total. The third-order valence-corrected chi connectivity index (χ3v) is 4.05. The van der Waals surface area contributed by atoms with Gasteiger partial charge in [-0.05, 0) is 13.0 Å². The van der Waals surface area contributed by atoms with E-state index in [1.54, 1.807) is 13.0 Å². The minimum Gasteiger partial charge on any atom is -0.368 e. The lowest BCUT2D eigenvalue weighted by Gasteiger charge is -2.36. The molecule has 1 aromatic carbocycles. The second-order valence-electron chi connectivity index (χ2n) is 5.13. The van der Waals surface area contributed by atoms with E-state index in [9.17, 15) is 10.1 Å². The van der Waals surface area contributed by atoms with Crippen LogP contribution in [0.1, 0.15) is 12.0 Å². The van der Waals surface area contributed by atoms with E-state index in [2.05, 4.69) is 15.7 Å². The van der Waals surface area contributed by atoms with Gasteiger partial charge in [-0.15, -0.1) is 12.3 Å². The first-order chi connectivity index (χ1) is 10.0. The van der Waals surface area contributed by atoms with Crippen LogP contribution in [-0.4, -0.2) is 42.5 Å². The average Bonchev–Trinajstić information content (AvgIpc) is 2.47. The monoisotopic (exact) mass is 307 g/mol. The molecule has 1 saturated heterocycles. The van der Waals surface area contributed by atoms with E-state index >= 15 is 0 Å². The highest BCUT2D eigenvalue weighted by Gasteiger charge is 2.21. The highest BCUT2D eigenvalue weighted by atomic mass is 35.5. The zero-order valence-electron chi connectivity index (χ0n) is 12.0. The molecule has 6 heteroatoms. The number of piperazine rings is 1. The van der Waals surface area contributed by atoms with E-state index in [-0.39, 0.29) is 5.69 Å². The molecule has 0 bridgehead atoms. The van der Waals surface area contributed by atoms with Gasteiger partial charge in [0.1, 0.15) is 0 Å². The predicted octanol–water partition coefficient (Wildman–Crippen LogP) is 2.70. The van der Waals surface area contributed by atoms with Crippen molar-refractivity contribution in [3.8, 4) is 12.3 Å². The maximum atomic E-state index is 10.9. The van der Waals surface area contributed by atoms with Crippen molar-refractivity contribution in [2.45, 2.75) is 13.3 Å². The molecule has 0 saturated carbocycles. The summed E-state index contributed by atoms with van der Waals surface area (Å²) in [7, 11) is 0. The number of hydrogen-bond acceptors (Lipinski definition) is 4. The summed E-state index contributed by atoms with van der Waals surface area (Å²) in [4.78, 5) is 15.0. The maximum absolute atomic E-state index is 10.9. The summed E-state index contributed by atoms with van der Waals surface area (Å²) in [5.41, 5.74) is 1.57. The molecule has 5 nitrogen and oxygen atoms in total. The van der Waals surface area contributed by atoms with Gasteiger partial charge in [-0.3, -0.25) is 15.0 Å². The van der Waals surface area contributed by atoms with Crippen LogP contribution in [0.2, 0.25) is 5.02 Å². The van der Waals surface area contributed by atoms with Crippen LogP contribution < -0.4 is 4.90 Å². The van der Waals surface area contributed by atoms with E-state index in [1.165, 1.54) is 6.07 Å². The second kappa shape index (κ2) is 6.79. The van der Waals surface area contributed by atoms with Crippen LogP contribution in [0, 0.1) is 29.4 Å². The normalized spacial score (nSPS) is 15.8. The topological polar surface area (TPSA) is 49.6 Å². The highest BCUT2D eigenvalue weighted by Crippen LogP contribution is 2.33. The molecule has 1 aromatic rings. The number of anilines is 1. The van der Waals surface area contributed by atoms with E-state index in [0.29, 0.717) is 10.6 Å². The van der Waals surface area contributed by atoms with E-state index in [4.69, 9.17) is 18.0 Å². The molecule has 0 radical (unpaired) electrons. The summed E-state index contributed by atoms with van der Waals surface area (Å²) in [6.45, 7) is 6.20. The third kappa shape index (κ3) is 3.66. The standard InChI is InChI=1S/C15H18ClN3O2/c1-3-4-5-17-6-8-18(9-7-17)15-10-12(2)14(19(20)21)11-13(15)16/h1,10-11H,4-9H2,2H3. The molecule has 0 amide bonds. The maximum Gasteiger partial charge on any atom is 0.273 e. The Labute approximate surface area is 129 Å². The minimum atomic E-state index is -0.400. The average molecular weight is 308 g/mol. The number of terminal acetylenes is 1. The van der Waals surface area contributed by atoms with Crippen molar-refractivity contribution in [1.29, 1.82) is 0 Å². The van der Waals surface area contributed by atoms with E-state index in [1.807, 2.05) is 0 Å². The summed E-state index contributed by atoms with van der Waals surface area (Å²) in [5.74, 6) is 2.65. The molecule has 0 aliphatic carbocycles. The molecule has 0 aromatic heterocycles. The number of benzene rings is 1. The van der Waals surface area contributed by atoms with Gasteiger partial charge in [-0.2, -0.15) is 0 Å². The first-order valence-corrected chi connectivity index (χ1v) is 7.26.